The summed E-state index contributed by atoms with van der Waals surface area (Å²) in [5, 5.41) is 13.4. The number of fused-ring (bicyclic) bond motifs is 1. The topological polar surface area (TPSA) is 62.5 Å². The maximum atomic E-state index is 9.99. The van der Waals surface area contributed by atoms with Crippen molar-refractivity contribution in [2.45, 2.75) is 13.1 Å². The Kier molecular flexibility index (Phi) is 5.04. The van der Waals surface area contributed by atoms with E-state index in [9.17, 15) is 5.11 Å². The van der Waals surface area contributed by atoms with Crippen molar-refractivity contribution in [3.05, 3.63) is 54.1 Å². The third kappa shape index (κ3) is 3.66. The number of nitrogens with one attached hydrogen (secondary N) is 1. The van der Waals surface area contributed by atoms with Crippen molar-refractivity contribution in [3.8, 4) is 5.75 Å². The fraction of sp³-hybridized carbons (Fsp3) is 0.350. The van der Waals surface area contributed by atoms with Gasteiger partial charge in [-0.3, -0.25) is 4.90 Å². The Labute approximate surface area is 153 Å². The molecule has 2 aromatic carbocycles. The van der Waals surface area contributed by atoms with Gasteiger partial charge in [0.25, 0.3) is 0 Å². The monoisotopic (exact) mass is 352 g/mol. The molecule has 0 bridgehead atoms. The molecule has 1 fully saturated rings. The first-order valence-corrected chi connectivity index (χ1v) is 9.07. The van der Waals surface area contributed by atoms with Crippen molar-refractivity contribution in [1.82, 2.24) is 14.5 Å². The van der Waals surface area contributed by atoms with E-state index >= 15 is 0 Å². The van der Waals surface area contributed by atoms with Crippen LogP contribution in [0.3, 0.4) is 0 Å². The average molecular weight is 352 g/mol. The summed E-state index contributed by atoms with van der Waals surface area (Å²) in [5.41, 5.74) is 2.97. The summed E-state index contributed by atoms with van der Waals surface area (Å²) in [6.45, 7) is 5.94. The Hall–Kier alpha value is -2.57. The maximum absolute atomic E-state index is 9.99. The number of phenols is 1. The van der Waals surface area contributed by atoms with Crippen molar-refractivity contribution < 1.29 is 9.84 Å². The van der Waals surface area contributed by atoms with Crippen LogP contribution in [0.5, 0.6) is 5.75 Å². The highest BCUT2D eigenvalue weighted by Crippen LogP contribution is 2.22. The van der Waals surface area contributed by atoms with E-state index in [2.05, 4.69) is 20.9 Å². The fourth-order valence-corrected chi connectivity index (χ4v) is 3.34. The number of benzene rings is 2. The molecule has 6 nitrogen and oxygen atoms in total. The van der Waals surface area contributed by atoms with E-state index in [4.69, 9.17) is 9.72 Å². The van der Waals surface area contributed by atoms with Crippen LogP contribution in [0.4, 0.5) is 5.95 Å². The second-order valence-electron chi connectivity index (χ2n) is 6.51. The Morgan fingerprint density at radius 1 is 1.00 bits per heavy atom. The van der Waals surface area contributed by atoms with Crippen molar-refractivity contribution in [1.29, 1.82) is 0 Å². The predicted octanol–water partition coefficient (Wildman–Crippen LogP) is 2.69. The first-order chi connectivity index (χ1) is 12.8. The lowest BCUT2D eigenvalue weighted by atomic mass is 10.2. The summed E-state index contributed by atoms with van der Waals surface area (Å²) in [6.07, 6.45) is 0. The van der Waals surface area contributed by atoms with E-state index in [1.807, 2.05) is 36.4 Å². The van der Waals surface area contributed by atoms with Gasteiger partial charge in [0.05, 0.1) is 24.2 Å². The van der Waals surface area contributed by atoms with Crippen molar-refractivity contribution in [3.63, 3.8) is 0 Å². The minimum atomic E-state index is 0.302. The number of anilines is 1. The molecule has 2 heterocycles. The van der Waals surface area contributed by atoms with Crippen molar-refractivity contribution >= 4 is 17.0 Å². The molecule has 0 unspecified atom stereocenters. The largest absolute Gasteiger partial charge is 0.508 e. The fourth-order valence-electron chi connectivity index (χ4n) is 3.34. The zero-order chi connectivity index (χ0) is 17.8. The van der Waals surface area contributed by atoms with Gasteiger partial charge in [-0.15, -0.1) is 0 Å². The van der Waals surface area contributed by atoms with E-state index in [1.165, 1.54) is 0 Å². The van der Waals surface area contributed by atoms with Crippen molar-refractivity contribution in [2.75, 3.05) is 38.2 Å². The molecule has 0 atom stereocenters. The number of nitrogens with zero attached hydrogens (tertiary/aromatic N) is 3. The maximum Gasteiger partial charge on any atom is 0.204 e. The molecule has 3 aromatic rings. The Balaban J connectivity index is 1.54. The molecular formula is C20H24N4O2. The van der Waals surface area contributed by atoms with Gasteiger partial charge in [-0.25, -0.2) is 4.98 Å². The van der Waals surface area contributed by atoms with Crippen LogP contribution in [0.2, 0.25) is 0 Å². The number of hydrogen-bond donors (Lipinski definition) is 2. The van der Waals surface area contributed by atoms with Gasteiger partial charge < -0.3 is 19.7 Å². The molecule has 0 radical (unpaired) electrons. The summed E-state index contributed by atoms with van der Waals surface area (Å²) >= 11 is 0. The lowest BCUT2D eigenvalue weighted by Crippen LogP contribution is -2.38. The van der Waals surface area contributed by atoms with Gasteiger partial charge >= 0.3 is 0 Å². The Bertz CT molecular complexity index is 871. The molecule has 1 aliphatic rings. The standard InChI is InChI=1S/C20H24N4O2/c25-19-8-4-1-5-16(19)15-21-20-22-17-6-2-3-7-18(17)24(20)10-9-23-11-13-26-14-12-23/h1-8,25H,9-15H2,(H,21,22). The molecular weight excluding hydrogens is 328 g/mol. The molecule has 1 aromatic heterocycles. The number of morpholine rings is 1. The van der Waals surface area contributed by atoms with E-state index in [0.29, 0.717) is 12.3 Å². The number of ether oxygens (including phenoxy) is 1. The van der Waals surface area contributed by atoms with Gasteiger partial charge in [-0.1, -0.05) is 30.3 Å². The summed E-state index contributed by atoms with van der Waals surface area (Å²) in [4.78, 5) is 7.17. The first kappa shape index (κ1) is 16.9. The SMILES string of the molecule is Oc1ccccc1CNc1nc2ccccc2n1CCN1CCOCC1. The number of para-hydroxylation sites is 3. The molecule has 0 aliphatic carbocycles. The molecule has 2 N–H and O–H groups in total. The average Bonchev–Trinajstić information content (AvgIpc) is 3.04. The summed E-state index contributed by atoms with van der Waals surface area (Å²) < 4.78 is 7.66. The second kappa shape index (κ2) is 7.76. The number of aromatic nitrogens is 2. The van der Waals surface area contributed by atoms with Gasteiger partial charge in [-0.05, 0) is 18.2 Å². The molecule has 0 amide bonds. The van der Waals surface area contributed by atoms with Gasteiger partial charge in [-0.2, -0.15) is 0 Å². The van der Waals surface area contributed by atoms with Gasteiger partial charge in [0.15, 0.2) is 0 Å². The van der Waals surface area contributed by atoms with Crippen LogP contribution in [0.25, 0.3) is 11.0 Å². The Morgan fingerprint density at radius 3 is 2.62 bits per heavy atom. The Morgan fingerprint density at radius 2 is 1.77 bits per heavy atom. The lowest BCUT2D eigenvalue weighted by Gasteiger charge is -2.27. The van der Waals surface area contributed by atoms with Crippen LogP contribution in [0.15, 0.2) is 48.5 Å². The zero-order valence-corrected chi connectivity index (χ0v) is 14.8. The number of imidazole rings is 1. The summed E-state index contributed by atoms with van der Waals surface area (Å²) in [6, 6.07) is 15.6. The van der Waals surface area contributed by atoms with Gasteiger partial charge in [0.2, 0.25) is 5.95 Å². The van der Waals surface area contributed by atoms with E-state index in [1.54, 1.807) is 6.07 Å². The normalized spacial score (nSPS) is 15.4. The molecule has 6 heteroatoms. The first-order valence-electron chi connectivity index (χ1n) is 9.07. The zero-order valence-electron chi connectivity index (χ0n) is 14.8. The van der Waals surface area contributed by atoms with Gasteiger partial charge in [0, 0.05) is 38.3 Å². The number of aromatic hydroxyl groups is 1. The van der Waals surface area contributed by atoms with Crippen LogP contribution in [-0.2, 0) is 17.8 Å². The molecule has 0 spiro atoms. The highest BCUT2D eigenvalue weighted by atomic mass is 16.5. The van der Waals surface area contributed by atoms with E-state index in [0.717, 1.165) is 61.9 Å². The van der Waals surface area contributed by atoms with Crippen molar-refractivity contribution in [2.24, 2.45) is 0 Å². The minimum absolute atomic E-state index is 0.302. The molecule has 0 saturated carbocycles. The number of rotatable bonds is 6. The second-order valence-corrected chi connectivity index (χ2v) is 6.51. The van der Waals surface area contributed by atoms with Crippen LogP contribution in [-0.4, -0.2) is 52.4 Å². The van der Waals surface area contributed by atoms with Crippen LogP contribution >= 0.6 is 0 Å². The number of hydrogen-bond acceptors (Lipinski definition) is 5. The molecule has 1 aliphatic heterocycles. The smallest absolute Gasteiger partial charge is 0.204 e. The van der Waals surface area contributed by atoms with Crippen LogP contribution < -0.4 is 5.32 Å². The molecule has 26 heavy (non-hydrogen) atoms. The molecule has 136 valence electrons. The quantitative estimate of drug-likeness (QED) is 0.714. The molecule has 1 saturated heterocycles. The lowest BCUT2D eigenvalue weighted by molar-refractivity contribution is 0.0366. The summed E-state index contributed by atoms with van der Waals surface area (Å²) in [5.74, 6) is 1.14. The van der Waals surface area contributed by atoms with Crippen LogP contribution in [0, 0.1) is 0 Å². The summed E-state index contributed by atoms with van der Waals surface area (Å²) in [7, 11) is 0. The number of phenolic OH excluding ortho intramolecular Hbond substituents is 1. The van der Waals surface area contributed by atoms with Crippen LogP contribution in [0.1, 0.15) is 5.56 Å². The predicted molar refractivity (Wildman–Crippen MR) is 102 cm³/mol. The van der Waals surface area contributed by atoms with Gasteiger partial charge in [0.1, 0.15) is 5.75 Å². The van der Waals surface area contributed by atoms with E-state index < -0.39 is 0 Å². The third-order valence-electron chi connectivity index (χ3n) is 4.83. The van der Waals surface area contributed by atoms with E-state index in [-0.39, 0.29) is 0 Å². The third-order valence-corrected chi connectivity index (χ3v) is 4.83. The highest BCUT2D eigenvalue weighted by Gasteiger charge is 2.14. The minimum Gasteiger partial charge on any atom is -0.508 e. The molecule has 4 rings (SSSR count). The highest BCUT2D eigenvalue weighted by molar-refractivity contribution is 5.78.